The highest BCUT2D eigenvalue weighted by atomic mass is 35.5. The Kier molecular flexibility index (Phi) is 6.22. The molecule has 0 unspecified atom stereocenters. The summed E-state index contributed by atoms with van der Waals surface area (Å²) in [6, 6.07) is 14.3. The molecule has 0 saturated heterocycles. The van der Waals surface area contributed by atoms with Gasteiger partial charge in [-0.15, -0.1) is 0 Å². The lowest BCUT2D eigenvalue weighted by Crippen LogP contribution is -2.44. The van der Waals surface area contributed by atoms with Crippen molar-refractivity contribution in [3.05, 3.63) is 76.6 Å². The monoisotopic (exact) mass is 498 g/mol. The number of sulfonamides is 1. The van der Waals surface area contributed by atoms with E-state index in [2.05, 4.69) is 34.1 Å². The van der Waals surface area contributed by atoms with Crippen LogP contribution in [0.5, 0.6) is 5.75 Å². The van der Waals surface area contributed by atoms with Crippen LogP contribution in [0.3, 0.4) is 0 Å². The van der Waals surface area contributed by atoms with Gasteiger partial charge in [-0.3, -0.25) is 9.67 Å². The first-order valence-corrected chi connectivity index (χ1v) is 13.3. The van der Waals surface area contributed by atoms with E-state index >= 15 is 0 Å². The van der Waals surface area contributed by atoms with Crippen LogP contribution in [-0.4, -0.2) is 43.6 Å². The molecular formula is C25H27ClN4O3S. The zero-order valence-corrected chi connectivity index (χ0v) is 20.6. The Morgan fingerprint density at radius 1 is 1.18 bits per heavy atom. The first-order chi connectivity index (χ1) is 16.4. The maximum absolute atomic E-state index is 12.4. The van der Waals surface area contributed by atoms with Crippen LogP contribution in [0.4, 0.5) is 0 Å². The van der Waals surface area contributed by atoms with Crippen LogP contribution < -0.4 is 9.46 Å². The highest BCUT2D eigenvalue weighted by Gasteiger charge is 2.45. The quantitative estimate of drug-likeness (QED) is 0.477. The zero-order chi connectivity index (χ0) is 23.8. The summed E-state index contributed by atoms with van der Waals surface area (Å²) in [6.07, 6.45) is 6.99. The average Bonchev–Trinajstić information content (AvgIpc) is 3.25. The molecule has 1 aliphatic carbocycles. The molecule has 3 aromatic rings. The molecule has 1 N–H and O–H groups in total. The molecule has 1 aliphatic heterocycles. The molecule has 2 aliphatic rings. The van der Waals surface area contributed by atoms with Crippen molar-refractivity contribution in [3.63, 3.8) is 0 Å². The first kappa shape index (κ1) is 23.1. The Morgan fingerprint density at radius 2 is 1.97 bits per heavy atom. The average molecular weight is 499 g/mol. The fourth-order valence-electron chi connectivity index (χ4n) is 4.79. The van der Waals surface area contributed by atoms with Gasteiger partial charge in [-0.1, -0.05) is 36.2 Å². The van der Waals surface area contributed by atoms with Gasteiger partial charge >= 0.3 is 0 Å². The number of benzene rings is 2. The van der Waals surface area contributed by atoms with Crippen molar-refractivity contribution in [2.75, 3.05) is 19.7 Å². The number of nitrogens with one attached hydrogen (secondary N) is 1. The molecule has 0 spiro atoms. The van der Waals surface area contributed by atoms with Gasteiger partial charge in [0.2, 0.25) is 10.0 Å². The second-order valence-electron chi connectivity index (χ2n) is 8.84. The van der Waals surface area contributed by atoms with Crippen molar-refractivity contribution in [1.29, 1.82) is 0 Å². The van der Waals surface area contributed by atoms with Gasteiger partial charge in [0, 0.05) is 42.3 Å². The zero-order valence-electron chi connectivity index (χ0n) is 19.0. The predicted molar refractivity (Wildman–Crippen MR) is 132 cm³/mol. The lowest BCUT2D eigenvalue weighted by molar-refractivity contribution is 0.322. The maximum Gasteiger partial charge on any atom is 0.243 e. The number of hydrogen-bond acceptors (Lipinski definition) is 5. The molecule has 0 radical (unpaired) electrons. The molecule has 2 aromatic carbocycles. The number of nitrogens with zero attached hydrogens (tertiary/aromatic N) is 3. The van der Waals surface area contributed by atoms with E-state index in [0.29, 0.717) is 5.75 Å². The van der Waals surface area contributed by atoms with Crippen LogP contribution in [0.1, 0.15) is 36.0 Å². The van der Waals surface area contributed by atoms with Crippen LogP contribution in [0.25, 0.3) is 0 Å². The fraction of sp³-hybridized carbons (Fsp3) is 0.360. The van der Waals surface area contributed by atoms with Crippen molar-refractivity contribution in [1.82, 2.24) is 14.5 Å². The number of aryl methyl sites for hydroxylation is 1. The summed E-state index contributed by atoms with van der Waals surface area (Å²) in [6.45, 7) is 1.16. The summed E-state index contributed by atoms with van der Waals surface area (Å²) in [5.41, 5.74) is 4.71. The number of rotatable bonds is 8. The molecule has 5 rings (SSSR count). The molecule has 178 valence electrons. The summed E-state index contributed by atoms with van der Waals surface area (Å²) < 4.78 is 34.6. The normalized spacial score (nSPS) is 16.9. The molecule has 2 heterocycles. The lowest BCUT2D eigenvalue weighted by Gasteiger charge is -2.45. The smallest absolute Gasteiger partial charge is 0.243 e. The van der Waals surface area contributed by atoms with Gasteiger partial charge in [0.25, 0.3) is 0 Å². The highest BCUT2D eigenvalue weighted by Crippen LogP contribution is 2.48. The molecule has 0 amide bonds. The third-order valence-electron chi connectivity index (χ3n) is 6.70. The van der Waals surface area contributed by atoms with E-state index in [1.54, 1.807) is 7.05 Å². The minimum Gasteiger partial charge on any atom is -0.492 e. The maximum atomic E-state index is 12.4. The Hall–Kier alpha value is -2.68. The molecule has 1 aromatic heterocycles. The second-order valence-corrected chi connectivity index (χ2v) is 11.0. The third-order valence-corrected chi connectivity index (χ3v) is 8.37. The van der Waals surface area contributed by atoms with Crippen LogP contribution in [0.15, 0.2) is 64.7 Å². The number of halogens is 1. The summed E-state index contributed by atoms with van der Waals surface area (Å²) in [5.74, 6) is 0.708. The van der Waals surface area contributed by atoms with E-state index in [1.807, 2.05) is 18.2 Å². The fourth-order valence-corrected chi connectivity index (χ4v) is 5.92. The minimum absolute atomic E-state index is 0.0856. The molecule has 7 nitrogen and oxygen atoms in total. The molecule has 1 fully saturated rings. The van der Waals surface area contributed by atoms with Crippen LogP contribution in [-0.2, 0) is 28.9 Å². The van der Waals surface area contributed by atoms with Gasteiger partial charge < -0.3 is 4.74 Å². The van der Waals surface area contributed by atoms with Gasteiger partial charge in [-0.05, 0) is 54.7 Å². The molecule has 34 heavy (non-hydrogen) atoms. The van der Waals surface area contributed by atoms with Crippen LogP contribution in [0.2, 0.25) is 5.02 Å². The topological polar surface area (TPSA) is 85.6 Å². The Bertz CT molecular complexity index is 1330. The van der Waals surface area contributed by atoms with Gasteiger partial charge in [0.05, 0.1) is 11.9 Å². The molecule has 1 saturated carbocycles. The van der Waals surface area contributed by atoms with E-state index in [9.17, 15) is 8.42 Å². The number of aliphatic imine (C=N–C) groups is 1. The number of ether oxygens (including phenoxy) is 1. The molecule has 9 heteroatoms. The van der Waals surface area contributed by atoms with Crippen molar-refractivity contribution >= 4 is 27.3 Å². The van der Waals surface area contributed by atoms with E-state index in [-0.39, 0.29) is 23.5 Å². The summed E-state index contributed by atoms with van der Waals surface area (Å²) in [4.78, 5) is 5.13. The van der Waals surface area contributed by atoms with Gasteiger partial charge in [0.1, 0.15) is 17.3 Å². The van der Waals surface area contributed by atoms with Crippen molar-refractivity contribution in [3.8, 4) is 5.75 Å². The van der Waals surface area contributed by atoms with Crippen LogP contribution in [0, 0.1) is 0 Å². The Morgan fingerprint density at radius 3 is 2.65 bits per heavy atom. The standard InChI is InChI=1S/C25H27ClN4O3S/c1-30-17-22(16-28-30)34(31,32)29-13-14-33-21-8-3-18-9-12-27-24(23(18)15-21)25(10-2-11-25)19-4-6-20(26)7-5-19/h3-8,15-17,29H,2,9-14H2,1H3. The molecular weight excluding hydrogens is 472 g/mol. The Balaban J connectivity index is 1.31. The Labute approximate surface area is 204 Å². The van der Waals surface area contributed by atoms with Crippen molar-refractivity contribution in [2.45, 2.75) is 36.0 Å². The van der Waals surface area contributed by atoms with Crippen LogP contribution >= 0.6 is 11.6 Å². The lowest BCUT2D eigenvalue weighted by atomic mass is 9.59. The SMILES string of the molecule is Cn1cc(S(=O)(=O)NCCOc2ccc3c(c2)C(C2(c4ccc(Cl)cc4)CCC2)=NCC3)cn1. The third kappa shape index (κ3) is 4.37. The van der Waals surface area contributed by atoms with E-state index in [0.717, 1.165) is 42.1 Å². The van der Waals surface area contributed by atoms with Crippen molar-refractivity contribution in [2.24, 2.45) is 12.0 Å². The van der Waals surface area contributed by atoms with E-state index in [1.165, 1.54) is 34.6 Å². The predicted octanol–water partition coefficient (Wildman–Crippen LogP) is 3.90. The summed E-state index contributed by atoms with van der Waals surface area (Å²) in [5, 5.41) is 4.65. The van der Waals surface area contributed by atoms with E-state index in [4.69, 9.17) is 21.3 Å². The van der Waals surface area contributed by atoms with Gasteiger partial charge in [-0.25, -0.2) is 13.1 Å². The van der Waals surface area contributed by atoms with Gasteiger partial charge in [0.15, 0.2) is 0 Å². The highest BCUT2D eigenvalue weighted by molar-refractivity contribution is 7.89. The molecule has 0 atom stereocenters. The van der Waals surface area contributed by atoms with Gasteiger partial charge in [-0.2, -0.15) is 5.10 Å². The number of hydrogen-bond donors (Lipinski definition) is 1. The van der Waals surface area contributed by atoms with Crippen molar-refractivity contribution < 1.29 is 13.2 Å². The molecule has 0 bridgehead atoms. The second kappa shape index (κ2) is 9.17. The summed E-state index contributed by atoms with van der Waals surface area (Å²) in [7, 11) is -1.93. The largest absolute Gasteiger partial charge is 0.492 e. The van der Waals surface area contributed by atoms with E-state index < -0.39 is 10.0 Å². The number of fused-ring (bicyclic) bond motifs is 1. The first-order valence-electron chi connectivity index (χ1n) is 11.4. The number of aromatic nitrogens is 2. The summed E-state index contributed by atoms with van der Waals surface area (Å²) >= 11 is 6.14. The minimum atomic E-state index is -3.61.